The Bertz CT molecular complexity index is 123. The lowest BCUT2D eigenvalue weighted by atomic mass is 10.1. The monoisotopic (exact) mass is 312 g/mol. The van der Waals surface area contributed by atoms with Gasteiger partial charge in [-0.2, -0.15) is 0 Å². The van der Waals surface area contributed by atoms with E-state index in [1.807, 2.05) is 0 Å². The van der Waals surface area contributed by atoms with Gasteiger partial charge in [0.1, 0.15) is 0 Å². The van der Waals surface area contributed by atoms with Gasteiger partial charge in [0.25, 0.3) is 0 Å². The molecule has 0 aromatic carbocycles. The van der Waals surface area contributed by atoms with Gasteiger partial charge in [0.2, 0.25) is 0 Å². The molecule has 0 aromatic heterocycles. The molecule has 1 N–H and O–H groups in total. The van der Waals surface area contributed by atoms with Crippen molar-refractivity contribution < 1.29 is 9.81 Å². The molecule has 0 heterocycles. The molecule has 0 rings (SSSR count). The van der Waals surface area contributed by atoms with Gasteiger partial charge >= 0.3 is 6.00 Å². The molecule has 6 heteroatoms. The molecule has 16 heavy (non-hydrogen) atoms. The first-order chi connectivity index (χ1) is 6.97. The van der Waals surface area contributed by atoms with Crippen LogP contribution < -0.4 is 0 Å². The minimum atomic E-state index is -2.31. The molecule has 0 radical (unpaired) electrons. The standard InChI is InChI=1S/C8H17Cl3Si.C2H6O.FH/c1-2-3-4-5-6-7-8-12(9,10)11;1-2-3;/h2-8H2,1H3;3H,2H2,1H3;1H. The highest BCUT2D eigenvalue weighted by Gasteiger charge is 2.23. The largest absolute Gasteiger partial charge is 0.397 e. The fourth-order valence-electron chi connectivity index (χ4n) is 1.11. The molecule has 0 aliphatic heterocycles. The van der Waals surface area contributed by atoms with Crippen molar-refractivity contribution >= 4 is 39.2 Å². The smallest absolute Gasteiger partial charge is 0.341 e. The van der Waals surface area contributed by atoms with Crippen LogP contribution in [0.1, 0.15) is 52.4 Å². The molecule has 0 spiro atoms. The van der Waals surface area contributed by atoms with Gasteiger partial charge in [-0.05, 0) is 13.0 Å². The van der Waals surface area contributed by atoms with Gasteiger partial charge < -0.3 is 5.11 Å². The topological polar surface area (TPSA) is 20.2 Å². The highest BCUT2D eigenvalue weighted by molar-refractivity contribution is 7.64. The van der Waals surface area contributed by atoms with Crippen LogP contribution in [0.25, 0.3) is 0 Å². The average Bonchev–Trinajstić information content (AvgIpc) is 2.11. The van der Waals surface area contributed by atoms with Crippen LogP contribution in [0.3, 0.4) is 0 Å². The number of rotatable bonds is 7. The molecule has 0 saturated carbocycles. The lowest BCUT2D eigenvalue weighted by molar-refractivity contribution is 0.318. The normalized spacial score (nSPS) is 10.1. The molecule has 102 valence electrons. The van der Waals surface area contributed by atoms with Crippen molar-refractivity contribution in [3.05, 3.63) is 0 Å². The van der Waals surface area contributed by atoms with E-state index in [0.717, 1.165) is 12.5 Å². The van der Waals surface area contributed by atoms with E-state index in [1.165, 1.54) is 32.1 Å². The van der Waals surface area contributed by atoms with Gasteiger partial charge in [-0.25, -0.2) is 0 Å². The maximum atomic E-state index is 7.57. The van der Waals surface area contributed by atoms with Crippen molar-refractivity contribution in [2.45, 2.75) is 58.4 Å². The van der Waals surface area contributed by atoms with Crippen molar-refractivity contribution in [3.63, 3.8) is 0 Å². The van der Waals surface area contributed by atoms with Crippen molar-refractivity contribution in [2.24, 2.45) is 0 Å². The maximum absolute atomic E-state index is 7.57. The highest BCUT2D eigenvalue weighted by atomic mass is 35.8. The highest BCUT2D eigenvalue weighted by Crippen LogP contribution is 2.27. The molecule has 0 bridgehead atoms. The Morgan fingerprint density at radius 2 is 1.25 bits per heavy atom. The third-order valence-corrected chi connectivity index (χ3v) is 4.44. The lowest BCUT2D eigenvalue weighted by Gasteiger charge is -2.06. The minimum absolute atomic E-state index is 0. The van der Waals surface area contributed by atoms with Crippen LogP contribution >= 0.6 is 33.2 Å². The first-order valence-corrected chi connectivity index (χ1v) is 10.9. The molecular formula is C10H24Cl3FOSi. The van der Waals surface area contributed by atoms with E-state index in [2.05, 4.69) is 6.92 Å². The Morgan fingerprint density at radius 1 is 0.875 bits per heavy atom. The zero-order valence-electron chi connectivity index (χ0n) is 10.1. The summed E-state index contributed by atoms with van der Waals surface area (Å²) in [5, 5.41) is 7.57. The second-order valence-corrected chi connectivity index (χ2v) is 12.7. The number of hydrogen-bond donors (Lipinski definition) is 1. The maximum Gasteiger partial charge on any atom is 0.341 e. The van der Waals surface area contributed by atoms with E-state index >= 15 is 0 Å². The first kappa shape index (κ1) is 22.2. The summed E-state index contributed by atoms with van der Waals surface area (Å²) in [5.41, 5.74) is 0. The van der Waals surface area contributed by atoms with E-state index in [4.69, 9.17) is 38.3 Å². The summed E-state index contributed by atoms with van der Waals surface area (Å²) >= 11 is 17.2. The lowest BCUT2D eigenvalue weighted by Crippen LogP contribution is -2.07. The van der Waals surface area contributed by atoms with Gasteiger partial charge in [0.15, 0.2) is 0 Å². The van der Waals surface area contributed by atoms with Crippen molar-refractivity contribution in [1.29, 1.82) is 0 Å². The molecule has 0 aliphatic carbocycles. The van der Waals surface area contributed by atoms with Crippen molar-refractivity contribution in [2.75, 3.05) is 6.61 Å². The van der Waals surface area contributed by atoms with E-state index in [9.17, 15) is 0 Å². The molecular weight excluding hydrogens is 290 g/mol. The number of unbranched alkanes of at least 4 members (excludes halogenated alkanes) is 5. The number of aliphatic hydroxyl groups excluding tert-OH is 1. The number of hydrogen-bond acceptors (Lipinski definition) is 1. The summed E-state index contributed by atoms with van der Waals surface area (Å²) in [6.07, 6.45) is 7.57. The second-order valence-electron chi connectivity index (χ2n) is 3.45. The molecule has 0 aromatic rings. The molecule has 0 saturated heterocycles. The SMILES string of the molecule is CCCCCCCC[Si](Cl)(Cl)Cl.CCO.F. The summed E-state index contributed by atoms with van der Waals surface area (Å²) in [4.78, 5) is 0. The van der Waals surface area contributed by atoms with Gasteiger partial charge in [-0.3, -0.25) is 4.70 Å². The fraction of sp³-hybridized carbons (Fsp3) is 1.00. The van der Waals surface area contributed by atoms with E-state index in [0.29, 0.717) is 0 Å². The van der Waals surface area contributed by atoms with Crippen LogP contribution in [0.15, 0.2) is 0 Å². The van der Waals surface area contributed by atoms with Gasteiger partial charge in [0, 0.05) is 6.61 Å². The summed E-state index contributed by atoms with van der Waals surface area (Å²) < 4.78 is 0. The van der Waals surface area contributed by atoms with Gasteiger partial charge in [-0.15, -0.1) is 33.2 Å². The van der Waals surface area contributed by atoms with Gasteiger partial charge in [-0.1, -0.05) is 45.4 Å². The summed E-state index contributed by atoms with van der Waals surface area (Å²) in [7, 11) is 0. The molecule has 0 atom stereocenters. The third-order valence-electron chi connectivity index (χ3n) is 1.81. The molecule has 0 amide bonds. The summed E-state index contributed by atoms with van der Waals surface area (Å²) in [6.45, 7) is 4.15. The van der Waals surface area contributed by atoms with Crippen LogP contribution in [0, 0.1) is 0 Å². The predicted octanol–water partition coefficient (Wildman–Crippen LogP) is 5.15. The predicted molar refractivity (Wildman–Crippen MR) is 76.8 cm³/mol. The average molecular weight is 314 g/mol. The van der Waals surface area contributed by atoms with Crippen molar-refractivity contribution in [3.8, 4) is 0 Å². The summed E-state index contributed by atoms with van der Waals surface area (Å²) in [6, 6.07) is -1.49. The second kappa shape index (κ2) is 16.0. The molecule has 0 unspecified atom stereocenters. The number of halogens is 4. The number of aliphatic hydroxyl groups is 1. The van der Waals surface area contributed by atoms with Crippen LogP contribution in [0.5, 0.6) is 0 Å². The Labute approximate surface area is 114 Å². The Balaban J connectivity index is -0.000000377. The minimum Gasteiger partial charge on any atom is -0.397 e. The van der Waals surface area contributed by atoms with Crippen LogP contribution in [-0.2, 0) is 0 Å². The fourth-order valence-corrected chi connectivity index (χ4v) is 2.96. The van der Waals surface area contributed by atoms with Crippen LogP contribution in [0.4, 0.5) is 4.70 Å². The molecule has 0 fully saturated rings. The quantitative estimate of drug-likeness (QED) is 0.391. The zero-order valence-corrected chi connectivity index (χ0v) is 13.4. The first-order valence-electron chi connectivity index (χ1n) is 5.65. The zero-order chi connectivity index (χ0) is 12.2. The van der Waals surface area contributed by atoms with E-state index in [1.54, 1.807) is 6.92 Å². The van der Waals surface area contributed by atoms with Crippen LogP contribution in [0.2, 0.25) is 6.04 Å². The third kappa shape index (κ3) is 29.4. The Morgan fingerprint density at radius 3 is 1.62 bits per heavy atom. The van der Waals surface area contributed by atoms with Crippen molar-refractivity contribution in [1.82, 2.24) is 0 Å². The van der Waals surface area contributed by atoms with E-state index in [-0.39, 0.29) is 11.3 Å². The van der Waals surface area contributed by atoms with Crippen LogP contribution in [-0.4, -0.2) is 17.7 Å². The van der Waals surface area contributed by atoms with E-state index < -0.39 is 6.00 Å². The summed E-state index contributed by atoms with van der Waals surface area (Å²) in [5.74, 6) is 0. The van der Waals surface area contributed by atoms with Gasteiger partial charge in [0.05, 0.1) is 0 Å². The Hall–Kier alpha value is 0.977. The Kier molecular flexibility index (Phi) is 22.2. The molecule has 0 aliphatic rings. The molecule has 1 nitrogen and oxygen atoms in total.